The van der Waals surface area contributed by atoms with Gasteiger partial charge >= 0.3 is 0 Å². The maximum atomic E-state index is 6.54. The molecule has 0 saturated carbocycles. The summed E-state index contributed by atoms with van der Waals surface area (Å²) in [5, 5.41) is 4.17. The van der Waals surface area contributed by atoms with Gasteiger partial charge in [0.15, 0.2) is 22.3 Å². The lowest BCUT2D eigenvalue weighted by atomic mass is 9.90. The van der Waals surface area contributed by atoms with Crippen LogP contribution in [0.25, 0.3) is 0 Å². The van der Waals surface area contributed by atoms with Gasteiger partial charge in [0.2, 0.25) is 0 Å². The van der Waals surface area contributed by atoms with E-state index in [4.69, 9.17) is 21.7 Å². The fraction of sp³-hybridized carbons (Fsp3) is 0.350. The maximum Gasteiger partial charge on any atom is 0.188 e. The Bertz CT molecular complexity index is 888. The van der Waals surface area contributed by atoms with Crippen LogP contribution in [0.4, 0.5) is 5.69 Å². The Hall–Kier alpha value is -1.79. The molecule has 0 amide bonds. The number of hydrogen-bond acceptors (Lipinski definition) is 3. The summed E-state index contributed by atoms with van der Waals surface area (Å²) in [6, 6.07) is 12.4. The lowest BCUT2D eigenvalue weighted by Crippen LogP contribution is -2.65. The van der Waals surface area contributed by atoms with E-state index >= 15 is 0 Å². The smallest absolute Gasteiger partial charge is 0.188 e. The molecule has 0 radical (unpaired) electrons. The topological polar surface area (TPSA) is 33.7 Å². The van der Waals surface area contributed by atoms with Crippen LogP contribution in [0.3, 0.4) is 0 Å². The molecule has 26 heavy (non-hydrogen) atoms. The first kappa shape index (κ1) is 17.6. The number of rotatable bonds is 3. The molecule has 1 saturated heterocycles. The predicted molar refractivity (Wildman–Crippen MR) is 111 cm³/mol. The maximum absolute atomic E-state index is 6.54. The number of nitrogens with zero attached hydrogens (tertiary/aromatic N) is 1. The molecule has 0 unspecified atom stereocenters. The second-order valence-corrected chi connectivity index (χ2v) is 8.10. The van der Waals surface area contributed by atoms with Gasteiger partial charge in [-0.3, -0.25) is 4.90 Å². The van der Waals surface area contributed by atoms with Gasteiger partial charge in [0.1, 0.15) is 0 Å². The SMILES string of the molecule is CCOc1cccc2c1O[C@@]1(C)C[C@H]2NC(=S)N1c1ccc(Br)c(C)c1. The summed E-state index contributed by atoms with van der Waals surface area (Å²) in [5.74, 6) is 1.59. The number of ether oxygens (including phenoxy) is 2. The Morgan fingerprint density at radius 2 is 2.19 bits per heavy atom. The highest BCUT2D eigenvalue weighted by Crippen LogP contribution is 2.49. The summed E-state index contributed by atoms with van der Waals surface area (Å²) in [6.07, 6.45) is 0.796. The summed E-state index contributed by atoms with van der Waals surface area (Å²) >= 11 is 9.28. The largest absolute Gasteiger partial charge is 0.490 e. The number of hydrogen-bond donors (Lipinski definition) is 1. The Labute approximate surface area is 167 Å². The average Bonchev–Trinajstić information content (AvgIpc) is 2.58. The van der Waals surface area contributed by atoms with Gasteiger partial charge in [0, 0.05) is 22.1 Å². The third-order valence-corrected chi connectivity index (χ3v) is 6.15. The third kappa shape index (κ3) is 2.76. The highest BCUT2D eigenvalue weighted by molar-refractivity contribution is 9.10. The number of halogens is 1. The van der Waals surface area contributed by atoms with Crippen LogP contribution >= 0.6 is 28.1 Å². The average molecular weight is 433 g/mol. The molecule has 136 valence electrons. The van der Waals surface area contributed by atoms with Crippen molar-refractivity contribution >= 4 is 38.9 Å². The fourth-order valence-electron chi connectivity index (χ4n) is 3.79. The van der Waals surface area contributed by atoms with Crippen LogP contribution in [-0.4, -0.2) is 17.4 Å². The van der Waals surface area contributed by atoms with Crippen molar-refractivity contribution in [3.05, 3.63) is 52.0 Å². The van der Waals surface area contributed by atoms with Gasteiger partial charge in [0.25, 0.3) is 0 Å². The van der Waals surface area contributed by atoms with Crippen molar-refractivity contribution in [2.75, 3.05) is 11.5 Å². The lowest BCUT2D eigenvalue weighted by Gasteiger charge is -2.52. The number of anilines is 1. The minimum atomic E-state index is -0.576. The van der Waals surface area contributed by atoms with Crippen LogP contribution in [0.2, 0.25) is 0 Å². The molecule has 4 rings (SSSR count). The molecule has 2 aromatic rings. The fourth-order valence-corrected chi connectivity index (χ4v) is 4.48. The Morgan fingerprint density at radius 3 is 2.92 bits per heavy atom. The van der Waals surface area contributed by atoms with Crippen molar-refractivity contribution in [1.82, 2.24) is 5.32 Å². The lowest BCUT2D eigenvalue weighted by molar-refractivity contribution is 0.0457. The van der Waals surface area contributed by atoms with Crippen molar-refractivity contribution in [2.45, 2.75) is 39.0 Å². The first-order valence-electron chi connectivity index (χ1n) is 8.74. The molecule has 2 heterocycles. The molecular weight excluding hydrogens is 412 g/mol. The van der Waals surface area contributed by atoms with Gasteiger partial charge in [0.05, 0.1) is 12.6 Å². The van der Waals surface area contributed by atoms with E-state index in [9.17, 15) is 0 Å². The van der Waals surface area contributed by atoms with Gasteiger partial charge in [-0.25, -0.2) is 0 Å². The second kappa shape index (κ2) is 6.43. The monoisotopic (exact) mass is 432 g/mol. The zero-order chi connectivity index (χ0) is 18.5. The van der Waals surface area contributed by atoms with Gasteiger partial charge in [-0.2, -0.15) is 0 Å². The predicted octanol–water partition coefficient (Wildman–Crippen LogP) is 5.09. The quantitative estimate of drug-likeness (QED) is 0.682. The Morgan fingerprint density at radius 1 is 1.38 bits per heavy atom. The number of benzene rings is 2. The number of fused-ring (bicyclic) bond motifs is 4. The van der Waals surface area contributed by atoms with Gasteiger partial charge in [-0.1, -0.05) is 28.1 Å². The molecule has 2 atom stereocenters. The van der Waals surface area contributed by atoms with Crippen LogP contribution in [0.15, 0.2) is 40.9 Å². The number of aryl methyl sites for hydroxylation is 1. The van der Waals surface area contributed by atoms with Crippen molar-refractivity contribution in [3.8, 4) is 11.5 Å². The van der Waals surface area contributed by atoms with Gasteiger partial charge < -0.3 is 14.8 Å². The van der Waals surface area contributed by atoms with Crippen LogP contribution in [-0.2, 0) is 0 Å². The van der Waals surface area contributed by atoms with E-state index in [0.717, 1.165) is 39.2 Å². The standard InChI is InChI=1S/C20H21BrN2O2S/c1-4-24-17-7-5-6-14-16-11-20(3,25-18(14)17)23(19(26)22-16)13-8-9-15(21)12(2)10-13/h5-10,16H,4,11H2,1-3H3,(H,22,26)/t16-,20+/m1/s1. The molecule has 2 bridgehead atoms. The Kier molecular flexibility index (Phi) is 4.35. The molecule has 2 aliphatic rings. The first-order chi connectivity index (χ1) is 12.4. The van der Waals surface area contributed by atoms with E-state index in [1.165, 1.54) is 0 Å². The van der Waals surface area contributed by atoms with Crippen LogP contribution in [0, 0.1) is 6.92 Å². The molecule has 6 heteroatoms. The van der Waals surface area contributed by atoms with Gasteiger partial charge in [-0.05, 0) is 62.8 Å². The van der Waals surface area contributed by atoms with E-state index in [-0.39, 0.29) is 6.04 Å². The first-order valence-corrected chi connectivity index (χ1v) is 9.94. The molecule has 0 aliphatic carbocycles. The van der Waals surface area contributed by atoms with Crippen LogP contribution < -0.4 is 19.7 Å². The minimum Gasteiger partial charge on any atom is -0.490 e. The zero-order valence-electron chi connectivity index (χ0n) is 15.0. The molecule has 2 aliphatic heterocycles. The molecule has 1 N–H and O–H groups in total. The zero-order valence-corrected chi connectivity index (χ0v) is 17.4. The number of para-hydroxylation sites is 1. The molecule has 0 aromatic heterocycles. The summed E-state index contributed by atoms with van der Waals surface area (Å²) in [5.41, 5.74) is 2.69. The summed E-state index contributed by atoms with van der Waals surface area (Å²) < 4.78 is 13.4. The molecule has 4 nitrogen and oxygen atoms in total. The van der Waals surface area contributed by atoms with Crippen molar-refractivity contribution in [3.63, 3.8) is 0 Å². The molecule has 0 spiro atoms. The second-order valence-electron chi connectivity index (χ2n) is 6.86. The van der Waals surface area contributed by atoms with E-state index < -0.39 is 5.72 Å². The number of thiocarbonyl (C=S) groups is 1. The van der Waals surface area contributed by atoms with E-state index in [1.807, 2.05) is 25.1 Å². The Balaban J connectivity index is 1.80. The summed E-state index contributed by atoms with van der Waals surface area (Å²) in [6.45, 7) is 6.75. The van der Waals surface area contributed by atoms with Gasteiger partial charge in [-0.15, -0.1) is 0 Å². The van der Waals surface area contributed by atoms with E-state index in [0.29, 0.717) is 11.7 Å². The highest BCUT2D eigenvalue weighted by atomic mass is 79.9. The molecule has 1 fully saturated rings. The van der Waals surface area contributed by atoms with Crippen LogP contribution in [0.1, 0.15) is 37.4 Å². The van der Waals surface area contributed by atoms with Crippen molar-refractivity contribution < 1.29 is 9.47 Å². The van der Waals surface area contributed by atoms with E-state index in [2.05, 4.69) is 58.2 Å². The normalized spacial score (nSPS) is 23.8. The highest BCUT2D eigenvalue weighted by Gasteiger charge is 2.49. The third-order valence-electron chi connectivity index (χ3n) is 4.96. The summed E-state index contributed by atoms with van der Waals surface area (Å²) in [7, 11) is 0. The molecular formula is C20H21BrN2O2S. The number of nitrogens with one attached hydrogen (secondary N) is 1. The van der Waals surface area contributed by atoms with Crippen LogP contribution in [0.5, 0.6) is 11.5 Å². The van der Waals surface area contributed by atoms with Crippen molar-refractivity contribution in [1.29, 1.82) is 0 Å². The minimum absolute atomic E-state index is 0.115. The summed E-state index contributed by atoms with van der Waals surface area (Å²) in [4.78, 5) is 2.07. The molecule has 2 aromatic carbocycles. The van der Waals surface area contributed by atoms with E-state index in [1.54, 1.807) is 0 Å². The van der Waals surface area contributed by atoms with Crippen molar-refractivity contribution in [2.24, 2.45) is 0 Å².